The van der Waals surface area contributed by atoms with E-state index >= 15 is 0 Å². The standard InChI is InChI=1S/C23H34N4O2/c1-16-12-17(2)14-26(13-16)15-18(3)24-22(28)19-8-10-27(11-9-19)23-25-20-6-4-5-7-21(20)29-23/h4-7,16-19H,8-15H2,1-3H3,(H,24,28). The van der Waals surface area contributed by atoms with Crippen LogP contribution in [0.15, 0.2) is 28.7 Å². The van der Waals surface area contributed by atoms with Crippen LogP contribution in [0.3, 0.4) is 0 Å². The van der Waals surface area contributed by atoms with Gasteiger partial charge < -0.3 is 19.5 Å². The Bertz CT molecular complexity index is 784. The molecule has 0 bridgehead atoms. The van der Waals surface area contributed by atoms with E-state index in [1.807, 2.05) is 24.3 Å². The molecule has 3 heterocycles. The van der Waals surface area contributed by atoms with E-state index in [0.717, 1.165) is 68.5 Å². The Morgan fingerprint density at radius 3 is 2.59 bits per heavy atom. The van der Waals surface area contributed by atoms with Crippen molar-refractivity contribution in [3.8, 4) is 0 Å². The van der Waals surface area contributed by atoms with Gasteiger partial charge in [0.1, 0.15) is 5.52 Å². The van der Waals surface area contributed by atoms with Gasteiger partial charge in [0.2, 0.25) is 5.91 Å². The number of oxazole rings is 1. The fourth-order valence-corrected chi connectivity index (χ4v) is 5.06. The molecule has 2 saturated heterocycles. The minimum atomic E-state index is 0.0808. The number of amides is 1. The average molecular weight is 399 g/mol. The van der Waals surface area contributed by atoms with Gasteiger partial charge in [-0.25, -0.2) is 0 Å². The lowest BCUT2D eigenvalue weighted by Gasteiger charge is -2.37. The molecule has 6 nitrogen and oxygen atoms in total. The summed E-state index contributed by atoms with van der Waals surface area (Å²) in [5, 5.41) is 3.26. The second-order valence-electron chi connectivity index (χ2n) is 9.30. The SMILES string of the molecule is CC1CC(C)CN(CC(C)NC(=O)C2CCN(c3nc4ccccc4o3)CC2)C1. The van der Waals surface area contributed by atoms with Crippen LogP contribution in [0, 0.1) is 17.8 Å². The zero-order valence-corrected chi connectivity index (χ0v) is 17.9. The van der Waals surface area contributed by atoms with Gasteiger partial charge in [-0.1, -0.05) is 26.0 Å². The third kappa shape index (κ3) is 4.92. The smallest absolute Gasteiger partial charge is 0.298 e. The molecule has 0 radical (unpaired) electrons. The first-order chi connectivity index (χ1) is 14.0. The highest BCUT2D eigenvalue weighted by Crippen LogP contribution is 2.26. The predicted molar refractivity (Wildman–Crippen MR) is 116 cm³/mol. The van der Waals surface area contributed by atoms with E-state index in [-0.39, 0.29) is 17.9 Å². The van der Waals surface area contributed by atoms with E-state index in [9.17, 15) is 4.79 Å². The normalized spacial score (nSPS) is 25.3. The Morgan fingerprint density at radius 2 is 1.90 bits per heavy atom. The van der Waals surface area contributed by atoms with Gasteiger partial charge in [0.25, 0.3) is 6.01 Å². The largest absolute Gasteiger partial charge is 0.423 e. The zero-order chi connectivity index (χ0) is 20.4. The van der Waals surface area contributed by atoms with E-state index in [4.69, 9.17) is 4.42 Å². The van der Waals surface area contributed by atoms with Crippen molar-refractivity contribution in [2.75, 3.05) is 37.6 Å². The van der Waals surface area contributed by atoms with Crippen LogP contribution in [0.4, 0.5) is 6.01 Å². The molecule has 4 rings (SSSR count). The summed E-state index contributed by atoms with van der Waals surface area (Å²) in [7, 11) is 0. The van der Waals surface area contributed by atoms with Crippen LogP contribution in [0.25, 0.3) is 11.1 Å². The van der Waals surface area contributed by atoms with Crippen molar-refractivity contribution in [3.63, 3.8) is 0 Å². The van der Waals surface area contributed by atoms with Crippen LogP contribution in [-0.2, 0) is 4.79 Å². The number of carbonyl (C=O) groups is 1. The third-order valence-electron chi connectivity index (χ3n) is 6.28. The fraction of sp³-hybridized carbons (Fsp3) is 0.652. The Hall–Kier alpha value is -2.08. The number of aromatic nitrogens is 1. The van der Waals surface area contributed by atoms with E-state index in [2.05, 4.69) is 40.9 Å². The molecule has 0 aliphatic carbocycles. The topological polar surface area (TPSA) is 61.6 Å². The maximum atomic E-state index is 12.8. The third-order valence-corrected chi connectivity index (χ3v) is 6.28. The van der Waals surface area contributed by atoms with Crippen molar-refractivity contribution in [3.05, 3.63) is 24.3 Å². The van der Waals surface area contributed by atoms with E-state index in [1.54, 1.807) is 0 Å². The number of para-hydroxylation sites is 2. The van der Waals surface area contributed by atoms with E-state index in [1.165, 1.54) is 6.42 Å². The highest BCUT2D eigenvalue weighted by atomic mass is 16.4. The fourth-order valence-electron chi connectivity index (χ4n) is 5.06. The first-order valence-corrected chi connectivity index (χ1v) is 11.1. The molecule has 1 aromatic heterocycles. The highest BCUT2D eigenvalue weighted by molar-refractivity contribution is 5.79. The average Bonchev–Trinajstić information content (AvgIpc) is 3.11. The van der Waals surface area contributed by atoms with Crippen LogP contribution < -0.4 is 10.2 Å². The summed E-state index contributed by atoms with van der Waals surface area (Å²) in [6.45, 7) is 11.6. The lowest BCUT2D eigenvalue weighted by molar-refractivity contribution is -0.126. The number of rotatable bonds is 5. The molecule has 1 N–H and O–H groups in total. The maximum Gasteiger partial charge on any atom is 0.298 e. The second kappa shape index (κ2) is 8.74. The van der Waals surface area contributed by atoms with Crippen molar-refractivity contribution in [2.24, 2.45) is 17.8 Å². The minimum Gasteiger partial charge on any atom is -0.423 e. The van der Waals surface area contributed by atoms with Crippen molar-refractivity contribution in [1.29, 1.82) is 0 Å². The number of benzene rings is 1. The lowest BCUT2D eigenvalue weighted by Crippen LogP contribution is -2.49. The summed E-state index contributed by atoms with van der Waals surface area (Å²) in [6.07, 6.45) is 3.00. The Labute approximate surface area is 173 Å². The molecule has 2 aliphatic rings. The second-order valence-corrected chi connectivity index (χ2v) is 9.30. The van der Waals surface area contributed by atoms with Gasteiger partial charge >= 0.3 is 0 Å². The number of carbonyl (C=O) groups excluding carboxylic acids is 1. The van der Waals surface area contributed by atoms with Crippen LogP contribution in [-0.4, -0.2) is 54.6 Å². The number of anilines is 1. The summed E-state index contributed by atoms with van der Waals surface area (Å²) in [5.74, 6) is 1.78. The predicted octanol–water partition coefficient (Wildman–Crippen LogP) is 3.53. The van der Waals surface area contributed by atoms with Crippen LogP contribution in [0.5, 0.6) is 0 Å². The Morgan fingerprint density at radius 1 is 1.21 bits per heavy atom. The zero-order valence-electron chi connectivity index (χ0n) is 17.9. The summed E-state index contributed by atoms with van der Waals surface area (Å²) in [4.78, 5) is 22.0. The number of likely N-dealkylation sites (tertiary alicyclic amines) is 1. The molecular formula is C23H34N4O2. The molecule has 0 saturated carbocycles. The molecule has 3 atom stereocenters. The van der Waals surface area contributed by atoms with Crippen LogP contribution in [0.1, 0.15) is 40.0 Å². The highest BCUT2D eigenvalue weighted by Gasteiger charge is 2.29. The molecule has 2 aliphatic heterocycles. The summed E-state index contributed by atoms with van der Waals surface area (Å²) < 4.78 is 5.88. The molecule has 1 amide bonds. The number of fused-ring (bicyclic) bond motifs is 1. The molecule has 3 unspecified atom stereocenters. The minimum absolute atomic E-state index is 0.0808. The van der Waals surface area contributed by atoms with Gasteiger partial charge in [0.15, 0.2) is 5.58 Å². The molecule has 1 aromatic carbocycles. The van der Waals surface area contributed by atoms with E-state index < -0.39 is 0 Å². The molecule has 0 spiro atoms. The van der Waals surface area contributed by atoms with Gasteiger partial charge in [-0.2, -0.15) is 4.98 Å². The van der Waals surface area contributed by atoms with Gasteiger partial charge in [0, 0.05) is 44.7 Å². The molecular weight excluding hydrogens is 364 g/mol. The Balaban J connectivity index is 1.25. The van der Waals surface area contributed by atoms with Gasteiger partial charge in [-0.3, -0.25) is 4.79 Å². The molecule has 158 valence electrons. The van der Waals surface area contributed by atoms with Crippen LogP contribution in [0.2, 0.25) is 0 Å². The maximum absolute atomic E-state index is 12.8. The summed E-state index contributed by atoms with van der Waals surface area (Å²) >= 11 is 0. The van der Waals surface area contributed by atoms with Crippen molar-refractivity contribution in [2.45, 2.75) is 46.1 Å². The van der Waals surface area contributed by atoms with Gasteiger partial charge in [0.05, 0.1) is 0 Å². The summed E-state index contributed by atoms with van der Waals surface area (Å²) in [5.41, 5.74) is 1.70. The lowest BCUT2D eigenvalue weighted by atomic mass is 9.91. The number of hydrogen-bond acceptors (Lipinski definition) is 5. The molecule has 2 fully saturated rings. The van der Waals surface area contributed by atoms with Crippen molar-refractivity contribution >= 4 is 23.0 Å². The number of piperidine rings is 2. The van der Waals surface area contributed by atoms with Crippen LogP contribution >= 0.6 is 0 Å². The molecule has 29 heavy (non-hydrogen) atoms. The number of nitrogens with one attached hydrogen (secondary N) is 1. The van der Waals surface area contributed by atoms with Crippen molar-refractivity contribution < 1.29 is 9.21 Å². The monoisotopic (exact) mass is 398 g/mol. The first-order valence-electron chi connectivity index (χ1n) is 11.1. The van der Waals surface area contributed by atoms with Crippen molar-refractivity contribution in [1.82, 2.24) is 15.2 Å². The van der Waals surface area contributed by atoms with E-state index in [0.29, 0.717) is 6.01 Å². The molecule has 2 aromatic rings. The van der Waals surface area contributed by atoms with Gasteiger partial charge in [-0.05, 0) is 50.2 Å². The number of hydrogen-bond donors (Lipinski definition) is 1. The number of nitrogens with zero attached hydrogens (tertiary/aromatic N) is 3. The van der Waals surface area contributed by atoms with Gasteiger partial charge in [-0.15, -0.1) is 0 Å². The Kier molecular flexibility index (Phi) is 6.09. The summed E-state index contributed by atoms with van der Waals surface area (Å²) in [6, 6.07) is 8.70. The quantitative estimate of drug-likeness (QED) is 0.835. The molecule has 6 heteroatoms. The first kappa shape index (κ1) is 20.2.